The second-order valence-corrected chi connectivity index (χ2v) is 7.24. The van der Waals surface area contributed by atoms with Crippen LogP contribution in [0.5, 0.6) is 5.75 Å². The number of nitrogens with one attached hydrogen (secondary N) is 1. The summed E-state index contributed by atoms with van der Waals surface area (Å²) in [7, 11) is 0. The van der Waals surface area contributed by atoms with Crippen LogP contribution >= 0.6 is 23.8 Å². The standard InChI is InChI=1S/C20H14ClN3O6S/c21-12-3-6-18(17(8-12)24(26)27)29-11-15-5-4-13(30-15)9-16-19(25)23(20(31)22-16)10-14-2-1-7-28-14/h1-9H,10-11H2,(H,22,31)/b16-9+. The normalized spacial score (nSPS) is 14.9. The van der Waals surface area contributed by atoms with Gasteiger partial charge in [-0.15, -0.1) is 0 Å². The Labute approximate surface area is 186 Å². The predicted molar refractivity (Wildman–Crippen MR) is 114 cm³/mol. The third kappa shape index (κ3) is 4.60. The number of hydrogen-bond donors (Lipinski definition) is 1. The van der Waals surface area contributed by atoms with Crippen LogP contribution in [0, 0.1) is 10.1 Å². The van der Waals surface area contributed by atoms with Crippen molar-refractivity contribution in [2.75, 3.05) is 0 Å². The van der Waals surface area contributed by atoms with Gasteiger partial charge >= 0.3 is 5.69 Å². The zero-order valence-corrected chi connectivity index (χ0v) is 17.3. The van der Waals surface area contributed by atoms with Crippen LogP contribution in [0.3, 0.4) is 0 Å². The van der Waals surface area contributed by atoms with Crippen LogP contribution in [0.2, 0.25) is 5.02 Å². The fourth-order valence-electron chi connectivity index (χ4n) is 2.87. The van der Waals surface area contributed by atoms with Crippen molar-refractivity contribution < 1.29 is 23.3 Å². The van der Waals surface area contributed by atoms with Gasteiger partial charge in [-0.1, -0.05) is 11.6 Å². The van der Waals surface area contributed by atoms with E-state index in [0.29, 0.717) is 17.3 Å². The minimum absolute atomic E-state index is 0.0456. The number of benzene rings is 1. The van der Waals surface area contributed by atoms with Crippen LogP contribution in [-0.4, -0.2) is 20.8 Å². The fourth-order valence-corrected chi connectivity index (χ4v) is 3.29. The second-order valence-electron chi connectivity index (χ2n) is 6.42. The number of thiocarbonyl (C=S) groups is 1. The predicted octanol–water partition coefficient (Wildman–Crippen LogP) is 4.27. The number of rotatable bonds is 7. The molecule has 1 N–H and O–H groups in total. The van der Waals surface area contributed by atoms with E-state index in [2.05, 4.69) is 5.32 Å². The molecule has 2 aromatic heterocycles. The second kappa shape index (κ2) is 8.62. The summed E-state index contributed by atoms with van der Waals surface area (Å²) >= 11 is 11.0. The van der Waals surface area contributed by atoms with Crippen LogP contribution in [0.15, 0.2) is 63.3 Å². The molecule has 0 atom stereocenters. The molecule has 0 unspecified atom stereocenters. The van der Waals surface area contributed by atoms with Crippen molar-refractivity contribution in [3.8, 4) is 5.75 Å². The largest absolute Gasteiger partial charge is 0.479 e. The van der Waals surface area contributed by atoms with Crippen LogP contribution in [0.1, 0.15) is 17.3 Å². The lowest BCUT2D eigenvalue weighted by atomic mass is 10.3. The molecule has 158 valence electrons. The quantitative estimate of drug-likeness (QED) is 0.241. The summed E-state index contributed by atoms with van der Waals surface area (Å²) < 4.78 is 16.4. The molecule has 1 saturated heterocycles. The molecule has 1 fully saturated rings. The lowest BCUT2D eigenvalue weighted by Crippen LogP contribution is -2.29. The highest BCUT2D eigenvalue weighted by molar-refractivity contribution is 7.80. The topological polar surface area (TPSA) is 111 Å². The summed E-state index contributed by atoms with van der Waals surface area (Å²) in [4.78, 5) is 24.6. The van der Waals surface area contributed by atoms with Gasteiger partial charge in [-0.25, -0.2) is 0 Å². The number of ether oxygens (including phenoxy) is 1. The van der Waals surface area contributed by atoms with Gasteiger partial charge in [0, 0.05) is 17.2 Å². The van der Waals surface area contributed by atoms with Crippen LogP contribution in [-0.2, 0) is 17.9 Å². The molecule has 3 aromatic rings. The maximum Gasteiger partial charge on any atom is 0.312 e. The van der Waals surface area contributed by atoms with Gasteiger partial charge in [-0.3, -0.25) is 19.8 Å². The summed E-state index contributed by atoms with van der Waals surface area (Å²) in [5.41, 5.74) is 0.0130. The third-order valence-corrected chi connectivity index (χ3v) is 4.87. The zero-order valence-electron chi connectivity index (χ0n) is 15.7. The summed E-state index contributed by atoms with van der Waals surface area (Å²) in [6.07, 6.45) is 3.04. The molecular formula is C20H14ClN3O6S. The van der Waals surface area contributed by atoms with E-state index in [1.54, 1.807) is 24.3 Å². The van der Waals surface area contributed by atoms with Crippen molar-refractivity contribution in [1.29, 1.82) is 0 Å². The lowest BCUT2D eigenvalue weighted by molar-refractivity contribution is -0.385. The van der Waals surface area contributed by atoms with Crippen LogP contribution < -0.4 is 10.1 Å². The zero-order chi connectivity index (χ0) is 22.0. The molecule has 1 aliphatic rings. The van der Waals surface area contributed by atoms with Gasteiger partial charge < -0.3 is 18.9 Å². The maximum atomic E-state index is 12.6. The highest BCUT2D eigenvalue weighted by Gasteiger charge is 2.31. The van der Waals surface area contributed by atoms with Crippen molar-refractivity contribution in [2.24, 2.45) is 0 Å². The number of nitro benzene ring substituents is 1. The van der Waals surface area contributed by atoms with Crippen molar-refractivity contribution in [2.45, 2.75) is 13.2 Å². The maximum absolute atomic E-state index is 12.6. The van der Waals surface area contributed by atoms with E-state index < -0.39 is 4.92 Å². The van der Waals surface area contributed by atoms with Gasteiger partial charge in [0.1, 0.15) is 29.6 Å². The van der Waals surface area contributed by atoms with E-state index >= 15 is 0 Å². The highest BCUT2D eigenvalue weighted by Crippen LogP contribution is 2.30. The molecule has 0 aliphatic carbocycles. The Balaban J connectivity index is 1.43. The minimum atomic E-state index is -0.575. The molecule has 11 heteroatoms. The average molecular weight is 460 g/mol. The average Bonchev–Trinajstić information content (AvgIpc) is 3.46. The monoisotopic (exact) mass is 459 g/mol. The van der Waals surface area contributed by atoms with Crippen molar-refractivity contribution in [3.63, 3.8) is 0 Å². The highest BCUT2D eigenvalue weighted by atomic mass is 35.5. The summed E-state index contributed by atoms with van der Waals surface area (Å²) in [6.45, 7) is 0.169. The molecule has 1 amide bonds. The minimum Gasteiger partial charge on any atom is -0.479 e. The van der Waals surface area contributed by atoms with E-state index in [1.165, 1.54) is 35.4 Å². The van der Waals surface area contributed by atoms with Crippen LogP contribution in [0.25, 0.3) is 6.08 Å². The SMILES string of the molecule is O=C1/C(=C\c2ccc(COc3ccc(Cl)cc3[N+](=O)[O-])o2)NC(=S)N1Cc1ccco1. The fraction of sp³-hybridized carbons (Fsp3) is 0.100. The van der Waals surface area contributed by atoms with Crippen molar-refractivity contribution in [3.05, 3.63) is 86.8 Å². The lowest BCUT2D eigenvalue weighted by Gasteiger charge is -2.11. The van der Waals surface area contributed by atoms with Gasteiger partial charge in [0.15, 0.2) is 10.9 Å². The summed E-state index contributed by atoms with van der Waals surface area (Å²) in [5, 5.41) is 14.5. The Morgan fingerprint density at radius 1 is 1.26 bits per heavy atom. The van der Waals surface area contributed by atoms with Crippen molar-refractivity contribution in [1.82, 2.24) is 10.2 Å². The molecule has 1 aliphatic heterocycles. The molecule has 1 aromatic carbocycles. The Hall–Kier alpha value is -3.63. The molecule has 0 saturated carbocycles. The van der Waals surface area contributed by atoms with Gasteiger partial charge in [-0.05, 0) is 48.6 Å². The number of amides is 1. The molecule has 3 heterocycles. The Morgan fingerprint density at radius 2 is 2.10 bits per heavy atom. The first-order valence-electron chi connectivity index (χ1n) is 8.93. The number of halogens is 1. The first-order valence-corrected chi connectivity index (χ1v) is 9.72. The first-order chi connectivity index (χ1) is 14.9. The molecule has 4 rings (SSSR count). The van der Waals surface area contributed by atoms with E-state index in [-0.39, 0.29) is 46.3 Å². The number of nitrogens with zero attached hydrogens (tertiary/aromatic N) is 2. The molecule has 0 radical (unpaired) electrons. The Bertz CT molecular complexity index is 1190. The number of carbonyl (C=O) groups is 1. The first kappa shape index (κ1) is 20.6. The van der Waals surface area contributed by atoms with Gasteiger partial charge in [0.25, 0.3) is 5.91 Å². The van der Waals surface area contributed by atoms with E-state index in [0.717, 1.165) is 0 Å². The Kier molecular flexibility index (Phi) is 5.74. The number of carbonyl (C=O) groups excluding carboxylic acids is 1. The number of furan rings is 2. The van der Waals surface area contributed by atoms with E-state index in [9.17, 15) is 14.9 Å². The molecular weight excluding hydrogens is 446 g/mol. The van der Waals surface area contributed by atoms with Gasteiger partial charge in [-0.2, -0.15) is 0 Å². The van der Waals surface area contributed by atoms with Crippen molar-refractivity contribution >= 4 is 46.6 Å². The van der Waals surface area contributed by atoms with Crippen LogP contribution in [0.4, 0.5) is 5.69 Å². The number of hydrogen-bond acceptors (Lipinski definition) is 7. The molecule has 0 bridgehead atoms. The van der Waals surface area contributed by atoms with E-state index in [1.807, 2.05) is 0 Å². The molecule has 9 nitrogen and oxygen atoms in total. The smallest absolute Gasteiger partial charge is 0.312 e. The molecule has 0 spiro atoms. The van der Waals surface area contributed by atoms with E-state index in [4.69, 9.17) is 37.4 Å². The summed E-state index contributed by atoms with van der Waals surface area (Å²) in [5.74, 6) is 1.16. The third-order valence-electron chi connectivity index (χ3n) is 4.31. The molecule has 31 heavy (non-hydrogen) atoms. The Morgan fingerprint density at radius 3 is 2.84 bits per heavy atom. The summed E-state index contributed by atoms with van der Waals surface area (Å²) in [6, 6.07) is 10.9. The van der Waals surface area contributed by atoms with Gasteiger partial charge in [0.05, 0.1) is 17.7 Å². The van der Waals surface area contributed by atoms with Gasteiger partial charge in [0.2, 0.25) is 0 Å². The number of nitro groups is 1.